The van der Waals surface area contributed by atoms with E-state index in [0.717, 1.165) is 60.7 Å². The Labute approximate surface area is 213 Å². The van der Waals surface area contributed by atoms with Gasteiger partial charge >= 0.3 is 18.3 Å². The van der Waals surface area contributed by atoms with Gasteiger partial charge in [0.05, 0.1) is 29.4 Å². The lowest BCUT2D eigenvalue weighted by Gasteiger charge is -2.17. The fraction of sp³-hybridized carbons (Fsp3) is 0.455. The van der Waals surface area contributed by atoms with Crippen LogP contribution in [0.5, 0.6) is 5.75 Å². The number of nitro groups is 1. The van der Waals surface area contributed by atoms with E-state index in [1.807, 2.05) is 0 Å². The fourth-order valence-electron chi connectivity index (χ4n) is 3.68. The van der Waals surface area contributed by atoms with E-state index in [4.69, 9.17) is 21.7 Å². The molecule has 0 unspecified atom stereocenters. The summed E-state index contributed by atoms with van der Waals surface area (Å²) in [4.78, 5) is 24.1. The lowest BCUT2D eigenvalue weighted by Crippen LogP contribution is -2.33. The molecule has 3 rings (SSSR count). The van der Waals surface area contributed by atoms with Crippen molar-refractivity contribution in [2.75, 3.05) is 24.4 Å². The highest BCUT2D eigenvalue weighted by Gasteiger charge is 2.41. The van der Waals surface area contributed by atoms with Crippen molar-refractivity contribution >= 4 is 51.0 Å². The SMILES string of the molecule is COC(=O)c1c(NC(=S)Nc2cc(OCC(F)(F)C(F)F)cc([N+](=O)[O-])c2)sc2c1CCCCCC2. The standard InChI is InChI=1S/C22H23F4N3O5S2/c1-33-19(30)17-15-6-4-2-3-5-7-16(15)36-18(17)28-21(35)27-12-8-13(29(31)32)10-14(9-12)34-11-22(25,26)20(23)24/h8-10,20H,2-7,11H2,1H3,(H2,27,28,35). The largest absolute Gasteiger partial charge is 0.487 e. The molecule has 1 aliphatic carbocycles. The number of thiocarbonyl (C=S) groups is 1. The average Bonchev–Trinajstić information content (AvgIpc) is 3.12. The smallest absolute Gasteiger partial charge is 0.341 e. The second kappa shape index (κ2) is 11.8. The van der Waals surface area contributed by atoms with Crippen LogP contribution in [0.3, 0.4) is 0 Å². The maximum absolute atomic E-state index is 13.2. The van der Waals surface area contributed by atoms with Crippen molar-refractivity contribution < 1.29 is 36.8 Å². The number of rotatable bonds is 8. The van der Waals surface area contributed by atoms with Crippen molar-refractivity contribution in [3.8, 4) is 5.75 Å². The van der Waals surface area contributed by atoms with E-state index in [2.05, 4.69) is 10.6 Å². The third-order valence-electron chi connectivity index (χ3n) is 5.40. The summed E-state index contributed by atoms with van der Waals surface area (Å²) >= 11 is 6.67. The summed E-state index contributed by atoms with van der Waals surface area (Å²) in [5.74, 6) is -5.39. The van der Waals surface area contributed by atoms with Crippen molar-refractivity contribution in [2.24, 2.45) is 0 Å². The maximum atomic E-state index is 13.2. The molecule has 0 spiro atoms. The Kier molecular flexibility index (Phi) is 9.06. The molecule has 0 saturated heterocycles. The Bertz CT molecular complexity index is 1140. The zero-order chi connectivity index (χ0) is 26.5. The molecule has 2 N–H and O–H groups in total. The van der Waals surface area contributed by atoms with Gasteiger partial charge in [-0.05, 0) is 43.5 Å². The summed E-state index contributed by atoms with van der Waals surface area (Å²) in [5, 5.41) is 17.3. The molecule has 2 aromatic rings. The van der Waals surface area contributed by atoms with E-state index in [0.29, 0.717) is 17.0 Å². The number of ether oxygens (including phenoxy) is 2. The Morgan fingerprint density at radius 2 is 1.89 bits per heavy atom. The number of thiophene rings is 1. The van der Waals surface area contributed by atoms with Crippen LogP contribution in [0.1, 0.15) is 46.5 Å². The third kappa shape index (κ3) is 6.81. The lowest BCUT2D eigenvalue weighted by molar-refractivity contribution is -0.384. The summed E-state index contributed by atoms with van der Waals surface area (Å²) in [7, 11) is 1.28. The molecule has 1 aromatic carbocycles. The number of nitrogens with zero attached hydrogens (tertiary/aromatic N) is 1. The number of carbonyl (C=O) groups is 1. The number of nitrogens with one attached hydrogen (secondary N) is 2. The number of esters is 1. The molecule has 0 aliphatic heterocycles. The number of carbonyl (C=O) groups excluding carboxylic acids is 1. The number of aryl methyl sites for hydroxylation is 1. The van der Waals surface area contributed by atoms with Crippen LogP contribution in [0.25, 0.3) is 0 Å². The van der Waals surface area contributed by atoms with Crippen LogP contribution in [0.4, 0.5) is 33.9 Å². The predicted molar refractivity (Wildman–Crippen MR) is 131 cm³/mol. The van der Waals surface area contributed by atoms with Gasteiger partial charge in [0.15, 0.2) is 11.7 Å². The minimum Gasteiger partial charge on any atom is -0.487 e. The Morgan fingerprint density at radius 3 is 2.53 bits per heavy atom. The number of alkyl halides is 4. The van der Waals surface area contributed by atoms with Crippen molar-refractivity contribution in [2.45, 2.75) is 50.9 Å². The van der Waals surface area contributed by atoms with Gasteiger partial charge < -0.3 is 20.1 Å². The molecule has 1 heterocycles. The van der Waals surface area contributed by atoms with Crippen LogP contribution in [0.2, 0.25) is 0 Å². The Hall–Kier alpha value is -3.00. The van der Waals surface area contributed by atoms with E-state index in [9.17, 15) is 32.5 Å². The van der Waals surface area contributed by atoms with Crippen LogP contribution in [-0.2, 0) is 17.6 Å². The zero-order valence-electron chi connectivity index (χ0n) is 19.1. The highest BCUT2D eigenvalue weighted by atomic mass is 32.1. The molecule has 0 atom stereocenters. The summed E-state index contributed by atoms with van der Waals surface area (Å²) in [5.41, 5.74) is 0.739. The van der Waals surface area contributed by atoms with Crippen LogP contribution in [-0.4, -0.2) is 42.1 Å². The monoisotopic (exact) mass is 549 g/mol. The highest BCUT2D eigenvalue weighted by Crippen LogP contribution is 2.38. The van der Waals surface area contributed by atoms with Gasteiger partial charge in [-0.15, -0.1) is 11.3 Å². The van der Waals surface area contributed by atoms with E-state index >= 15 is 0 Å². The topological polar surface area (TPSA) is 103 Å². The minimum atomic E-state index is -4.44. The molecule has 36 heavy (non-hydrogen) atoms. The molecular weight excluding hydrogens is 526 g/mol. The van der Waals surface area contributed by atoms with Crippen molar-refractivity contribution in [3.05, 3.63) is 44.3 Å². The number of hydrogen-bond donors (Lipinski definition) is 2. The Balaban J connectivity index is 1.83. The highest BCUT2D eigenvalue weighted by molar-refractivity contribution is 7.80. The number of methoxy groups -OCH3 is 1. The molecule has 196 valence electrons. The van der Waals surface area contributed by atoms with E-state index in [-0.39, 0.29) is 10.8 Å². The van der Waals surface area contributed by atoms with Crippen LogP contribution < -0.4 is 15.4 Å². The van der Waals surface area contributed by atoms with Gasteiger partial charge in [-0.1, -0.05) is 12.8 Å². The summed E-state index contributed by atoms with van der Waals surface area (Å²) in [6.07, 6.45) is 1.62. The first-order valence-electron chi connectivity index (χ1n) is 10.9. The van der Waals surface area contributed by atoms with Gasteiger partial charge in [-0.25, -0.2) is 13.6 Å². The number of hydrogen-bond acceptors (Lipinski definition) is 7. The maximum Gasteiger partial charge on any atom is 0.341 e. The third-order valence-corrected chi connectivity index (χ3v) is 6.81. The summed E-state index contributed by atoms with van der Waals surface area (Å²) in [6, 6.07) is 3.01. The number of anilines is 2. The van der Waals surface area contributed by atoms with Gasteiger partial charge in [0.2, 0.25) is 0 Å². The zero-order valence-corrected chi connectivity index (χ0v) is 20.7. The first-order chi connectivity index (χ1) is 17.0. The van der Waals surface area contributed by atoms with Crippen molar-refractivity contribution in [3.63, 3.8) is 0 Å². The molecule has 14 heteroatoms. The second-order valence-corrected chi connectivity index (χ2v) is 9.53. The molecule has 0 radical (unpaired) electrons. The normalized spacial score (nSPS) is 13.8. The predicted octanol–water partition coefficient (Wildman–Crippen LogP) is 6.19. The van der Waals surface area contributed by atoms with Gasteiger partial charge in [0.25, 0.3) is 5.69 Å². The van der Waals surface area contributed by atoms with Gasteiger partial charge in [-0.2, -0.15) is 8.78 Å². The summed E-state index contributed by atoms with van der Waals surface area (Å²) in [6.45, 7) is -1.67. The molecule has 1 aromatic heterocycles. The van der Waals surface area contributed by atoms with Crippen LogP contribution >= 0.6 is 23.6 Å². The van der Waals surface area contributed by atoms with Gasteiger partial charge in [0, 0.05) is 17.0 Å². The van der Waals surface area contributed by atoms with Gasteiger partial charge in [0.1, 0.15) is 10.8 Å². The number of halogens is 4. The first kappa shape index (κ1) is 27.6. The van der Waals surface area contributed by atoms with Crippen molar-refractivity contribution in [1.29, 1.82) is 0 Å². The minimum absolute atomic E-state index is 0.00778. The van der Waals surface area contributed by atoms with E-state index in [1.165, 1.54) is 18.4 Å². The van der Waals surface area contributed by atoms with Crippen LogP contribution in [0, 0.1) is 10.1 Å². The number of non-ortho nitro benzene ring substituents is 1. The number of nitro benzene ring substituents is 1. The van der Waals surface area contributed by atoms with E-state index < -0.39 is 41.3 Å². The molecule has 1 aliphatic rings. The quantitative estimate of drug-likeness (QED) is 0.132. The molecule has 8 nitrogen and oxygen atoms in total. The number of fused-ring (bicyclic) bond motifs is 1. The second-order valence-electron chi connectivity index (χ2n) is 8.02. The van der Waals surface area contributed by atoms with Gasteiger partial charge in [-0.3, -0.25) is 10.1 Å². The average molecular weight is 550 g/mol. The lowest BCUT2D eigenvalue weighted by atomic mass is 9.96. The molecular formula is C22H23F4N3O5S2. The fourth-order valence-corrected chi connectivity index (χ4v) is 5.24. The molecule has 0 bridgehead atoms. The molecule has 0 amide bonds. The first-order valence-corrected chi connectivity index (χ1v) is 12.1. The molecule has 0 saturated carbocycles. The van der Waals surface area contributed by atoms with E-state index in [1.54, 1.807) is 0 Å². The van der Waals surface area contributed by atoms with Crippen molar-refractivity contribution in [1.82, 2.24) is 0 Å². The summed E-state index contributed by atoms with van der Waals surface area (Å²) < 4.78 is 61.0. The Morgan fingerprint density at radius 1 is 1.19 bits per heavy atom. The number of benzene rings is 1. The molecule has 0 fully saturated rings. The van der Waals surface area contributed by atoms with Crippen LogP contribution in [0.15, 0.2) is 18.2 Å².